The predicted molar refractivity (Wildman–Crippen MR) is 144 cm³/mol. The van der Waals surface area contributed by atoms with Gasteiger partial charge in [-0.25, -0.2) is 0 Å². The number of fused-ring (bicyclic) bond motifs is 2. The highest BCUT2D eigenvalue weighted by Gasteiger charge is 2.41. The molecule has 0 atom stereocenters. The molecule has 0 bridgehead atoms. The largest absolute Gasteiger partial charge is 0.496 e. The number of benzene rings is 2. The number of alkyl halides is 1. The van der Waals surface area contributed by atoms with Crippen LogP contribution in [0.1, 0.15) is 83.5 Å². The quantitative estimate of drug-likeness (QED) is 0.196. The van der Waals surface area contributed by atoms with E-state index in [1.165, 1.54) is 14.2 Å². The fourth-order valence-corrected chi connectivity index (χ4v) is 5.36. The maximum atomic E-state index is 14.1. The highest BCUT2D eigenvalue weighted by molar-refractivity contribution is 9.08. The van der Waals surface area contributed by atoms with Crippen molar-refractivity contribution in [3.05, 3.63) is 51.6 Å². The first-order chi connectivity index (χ1) is 18.0. The number of carbonyl (C=O) groups is 3. The molecule has 4 rings (SSSR count). The summed E-state index contributed by atoms with van der Waals surface area (Å²) in [5.41, 5.74) is 0.948. The number of methoxy groups -OCH3 is 2. The number of hydrogen-bond donors (Lipinski definition) is 0. The van der Waals surface area contributed by atoms with E-state index in [1.807, 2.05) is 6.92 Å². The summed E-state index contributed by atoms with van der Waals surface area (Å²) in [6.45, 7) is 8.19. The third kappa shape index (κ3) is 4.87. The van der Waals surface area contributed by atoms with Crippen LogP contribution in [-0.2, 0) is 26.0 Å². The maximum Gasteiger partial charge on any atom is 0.316 e. The van der Waals surface area contributed by atoms with Crippen LogP contribution >= 0.6 is 15.9 Å². The van der Waals surface area contributed by atoms with Crippen LogP contribution in [0, 0.1) is 5.41 Å². The Kier molecular flexibility index (Phi) is 8.02. The van der Waals surface area contributed by atoms with Gasteiger partial charge in [0.05, 0.1) is 49.5 Å². The lowest BCUT2D eigenvalue weighted by Gasteiger charge is -2.29. The second-order valence-electron chi connectivity index (χ2n) is 10.4. The summed E-state index contributed by atoms with van der Waals surface area (Å²) in [6, 6.07) is 4.88. The van der Waals surface area contributed by atoms with Gasteiger partial charge < -0.3 is 23.7 Å². The minimum absolute atomic E-state index is 0.0464. The van der Waals surface area contributed by atoms with Crippen molar-refractivity contribution in [2.24, 2.45) is 5.41 Å². The standard InChI is InChI=1S/C29H33BrO8/c1-7-29(36-12-13-37-29)11-10-17-16(15-30)14-18-21(26(17)38-27(33)28(2,3)4)25(32)23-20(35-6)9-8-19(34-5)22(23)24(18)31/h8-9,14H,7,10-13,15H2,1-6H3. The highest BCUT2D eigenvalue weighted by atomic mass is 79.9. The number of esters is 1. The number of ether oxygens (including phenoxy) is 5. The number of ketones is 2. The van der Waals surface area contributed by atoms with Crippen molar-refractivity contribution in [1.82, 2.24) is 0 Å². The van der Waals surface area contributed by atoms with Crippen molar-refractivity contribution >= 4 is 33.5 Å². The van der Waals surface area contributed by atoms with E-state index >= 15 is 0 Å². The summed E-state index contributed by atoms with van der Waals surface area (Å²) in [7, 11) is 2.87. The van der Waals surface area contributed by atoms with Crippen LogP contribution in [0.4, 0.5) is 0 Å². The van der Waals surface area contributed by atoms with Crippen LogP contribution in [0.3, 0.4) is 0 Å². The van der Waals surface area contributed by atoms with Gasteiger partial charge in [-0.3, -0.25) is 14.4 Å². The molecular weight excluding hydrogens is 556 g/mol. The molecule has 1 fully saturated rings. The van der Waals surface area contributed by atoms with Gasteiger partial charge in [-0.15, -0.1) is 0 Å². The molecule has 204 valence electrons. The van der Waals surface area contributed by atoms with Gasteiger partial charge in [0.25, 0.3) is 0 Å². The Balaban J connectivity index is 1.96. The van der Waals surface area contributed by atoms with Crippen molar-refractivity contribution in [2.45, 2.75) is 58.1 Å². The smallest absolute Gasteiger partial charge is 0.316 e. The lowest BCUT2D eigenvalue weighted by molar-refractivity contribution is -0.163. The fraction of sp³-hybridized carbons (Fsp3) is 0.483. The van der Waals surface area contributed by atoms with E-state index in [1.54, 1.807) is 39.0 Å². The van der Waals surface area contributed by atoms with Gasteiger partial charge in [0, 0.05) is 17.3 Å². The summed E-state index contributed by atoms with van der Waals surface area (Å²) in [4.78, 5) is 41.2. The summed E-state index contributed by atoms with van der Waals surface area (Å²) in [5.74, 6) is -1.55. The van der Waals surface area contributed by atoms with Crippen LogP contribution in [0.15, 0.2) is 18.2 Å². The topological polar surface area (TPSA) is 97.4 Å². The molecule has 0 saturated carbocycles. The molecule has 2 aliphatic rings. The van der Waals surface area contributed by atoms with E-state index < -0.39 is 28.7 Å². The average molecular weight is 589 g/mol. The van der Waals surface area contributed by atoms with Crippen molar-refractivity contribution in [3.63, 3.8) is 0 Å². The second kappa shape index (κ2) is 10.8. The van der Waals surface area contributed by atoms with Crippen molar-refractivity contribution in [3.8, 4) is 17.2 Å². The average Bonchev–Trinajstić information content (AvgIpc) is 3.38. The van der Waals surface area contributed by atoms with Gasteiger partial charge in [0.1, 0.15) is 17.2 Å². The van der Waals surface area contributed by atoms with Crippen LogP contribution in [-0.4, -0.2) is 50.8 Å². The molecule has 2 aromatic rings. The summed E-state index contributed by atoms with van der Waals surface area (Å²) in [6.07, 6.45) is 1.52. The normalized spacial score (nSPS) is 16.2. The molecule has 1 aliphatic carbocycles. The Morgan fingerprint density at radius 2 is 1.58 bits per heavy atom. The first-order valence-electron chi connectivity index (χ1n) is 12.6. The van der Waals surface area contributed by atoms with E-state index in [4.69, 9.17) is 23.7 Å². The summed E-state index contributed by atoms with van der Waals surface area (Å²) < 4.78 is 28.7. The Morgan fingerprint density at radius 1 is 1.00 bits per heavy atom. The van der Waals surface area contributed by atoms with Crippen molar-refractivity contribution in [2.75, 3.05) is 27.4 Å². The third-order valence-corrected chi connectivity index (χ3v) is 7.63. The Hall–Kier alpha value is -2.75. The third-order valence-electron chi connectivity index (χ3n) is 7.03. The Morgan fingerprint density at radius 3 is 2.08 bits per heavy atom. The van der Waals surface area contributed by atoms with E-state index in [0.717, 1.165) is 5.56 Å². The predicted octanol–water partition coefficient (Wildman–Crippen LogP) is 5.41. The first kappa shape index (κ1) is 28.3. The molecular formula is C29H33BrO8. The number of rotatable bonds is 8. The van der Waals surface area contributed by atoms with Crippen molar-refractivity contribution in [1.29, 1.82) is 0 Å². The molecule has 0 radical (unpaired) electrons. The molecule has 8 nitrogen and oxygen atoms in total. The minimum Gasteiger partial charge on any atom is -0.496 e. The van der Waals surface area contributed by atoms with E-state index in [9.17, 15) is 14.4 Å². The van der Waals surface area contributed by atoms with E-state index in [-0.39, 0.29) is 39.5 Å². The van der Waals surface area contributed by atoms with Crippen molar-refractivity contribution < 1.29 is 38.1 Å². The molecule has 1 aliphatic heterocycles. The van der Waals surface area contributed by atoms with Crippen LogP contribution in [0.25, 0.3) is 0 Å². The van der Waals surface area contributed by atoms with Gasteiger partial charge in [-0.05, 0) is 62.9 Å². The minimum atomic E-state index is -0.850. The van der Waals surface area contributed by atoms with E-state index in [0.29, 0.717) is 43.4 Å². The Bertz CT molecular complexity index is 1280. The molecule has 2 aromatic carbocycles. The highest BCUT2D eigenvalue weighted by Crippen LogP contribution is 2.45. The van der Waals surface area contributed by atoms with Gasteiger partial charge in [-0.2, -0.15) is 0 Å². The fourth-order valence-electron chi connectivity index (χ4n) is 4.86. The number of carbonyl (C=O) groups excluding carboxylic acids is 3. The molecule has 0 unspecified atom stereocenters. The summed E-state index contributed by atoms with van der Waals surface area (Å²) in [5, 5.41) is 0.375. The van der Waals surface area contributed by atoms with Crippen LogP contribution < -0.4 is 14.2 Å². The first-order valence-corrected chi connectivity index (χ1v) is 13.7. The lowest BCUT2D eigenvalue weighted by atomic mass is 9.79. The SMILES string of the molecule is CCC1(CCc2c(CBr)cc3c(c2OC(=O)C(C)(C)C)C(=O)c2c(OC)ccc(OC)c2C3=O)OCCO1. The number of hydrogen-bond acceptors (Lipinski definition) is 8. The Labute approximate surface area is 231 Å². The zero-order valence-electron chi connectivity index (χ0n) is 22.6. The van der Waals surface area contributed by atoms with Crippen LogP contribution in [0.2, 0.25) is 0 Å². The monoisotopic (exact) mass is 588 g/mol. The molecule has 38 heavy (non-hydrogen) atoms. The zero-order chi connectivity index (χ0) is 27.8. The molecule has 1 heterocycles. The van der Waals surface area contributed by atoms with E-state index in [2.05, 4.69) is 15.9 Å². The molecule has 0 spiro atoms. The molecule has 0 N–H and O–H groups in total. The van der Waals surface area contributed by atoms with Gasteiger partial charge in [0.2, 0.25) is 5.78 Å². The van der Waals surface area contributed by atoms with Gasteiger partial charge >= 0.3 is 5.97 Å². The maximum absolute atomic E-state index is 14.1. The van der Waals surface area contributed by atoms with Gasteiger partial charge in [0.15, 0.2) is 11.6 Å². The second-order valence-corrected chi connectivity index (χ2v) is 10.9. The lowest BCUT2D eigenvalue weighted by Crippen LogP contribution is -2.31. The van der Waals surface area contributed by atoms with Crippen LogP contribution in [0.5, 0.6) is 17.2 Å². The molecule has 1 saturated heterocycles. The molecule has 0 aromatic heterocycles. The number of halogens is 1. The zero-order valence-corrected chi connectivity index (χ0v) is 24.2. The van der Waals surface area contributed by atoms with Gasteiger partial charge in [-0.1, -0.05) is 22.9 Å². The molecule has 9 heteroatoms. The molecule has 0 amide bonds. The summed E-state index contributed by atoms with van der Waals surface area (Å²) >= 11 is 3.53.